The van der Waals surface area contributed by atoms with Crippen LogP contribution in [0.15, 0.2) is 11.6 Å². The maximum Gasteiger partial charge on any atom is 0.00387 e. The first-order valence-electron chi connectivity index (χ1n) is 5.86. The van der Waals surface area contributed by atoms with Gasteiger partial charge in [-0.3, -0.25) is 0 Å². The Bertz CT molecular complexity index is 185. The van der Waals surface area contributed by atoms with Gasteiger partial charge in [-0.25, -0.2) is 0 Å². The molecule has 0 aromatic heterocycles. The van der Waals surface area contributed by atoms with Crippen LogP contribution < -0.4 is 5.73 Å². The Hall–Kier alpha value is -0.340. The average Bonchev–Trinajstić information content (AvgIpc) is 2.39. The lowest BCUT2D eigenvalue weighted by molar-refractivity contribution is 0.232. The molecule has 2 N–H and O–H groups in total. The van der Waals surface area contributed by atoms with Gasteiger partial charge in [0, 0.05) is 12.6 Å². The van der Waals surface area contributed by atoms with Crippen LogP contribution in [0.5, 0.6) is 0 Å². The third-order valence-corrected chi connectivity index (χ3v) is 2.99. The molecule has 0 atom stereocenters. The van der Waals surface area contributed by atoms with Gasteiger partial charge in [-0.15, -0.1) is 0 Å². The molecule has 0 saturated carbocycles. The molecule has 0 amide bonds. The third kappa shape index (κ3) is 3.81. The van der Waals surface area contributed by atoms with Crippen molar-refractivity contribution in [2.75, 3.05) is 19.6 Å². The fraction of sp³-hybridized carbons (Fsp3) is 0.833. The van der Waals surface area contributed by atoms with Crippen molar-refractivity contribution < 1.29 is 0 Å². The molecule has 0 unspecified atom stereocenters. The minimum atomic E-state index is 0.698. The minimum absolute atomic E-state index is 0.698. The first-order chi connectivity index (χ1) is 6.74. The molecular weight excluding hydrogens is 172 g/mol. The number of nitrogens with zero attached hydrogens (tertiary/aromatic N) is 1. The van der Waals surface area contributed by atoms with Crippen molar-refractivity contribution in [2.24, 2.45) is 5.73 Å². The highest BCUT2D eigenvalue weighted by Gasteiger charge is 2.13. The molecule has 82 valence electrons. The standard InChI is InChI=1S/C12H24N2/c1-11(2)14-9-4-6-12(7-10-14)5-3-8-13/h5,11H,3-4,6-10,13H2,1-2H3. The van der Waals surface area contributed by atoms with Crippen LogP contribution in [0.3, 0.4) is 0 Å². The molecule has 14 heavy (non-hydrogen) atoms. The van der Waals surface area contributed by atoms with Crippen molar-refractivity contribution in [3.63, 3.8) is 0 Å². The topological polar surface area (TPSA) is 29.3 Å². The van der Waals surface area contributed by atoms with Crippen LogP contribution in [0, 0.1) is 0 Å². The molecule has 1 fully saturated rings. The molecule has 1 aliphatic rings. The van der Waals surface area contributed by atoms with E-state index >= 15 is 0 Å². The number of rotatable bonds is 3. The quantitative estimate of drug-likeness (QED) is 0.701. The predicted octanol–water partition coefficient (Wildman–Crippen LogP) is 2.16. The SMILES string of the molecule is CC(C)N1CCCC(=CCCN)CC1. The van der Waals surface area contributed by atoms with Crippen molar-refractivity contribution in [1.29, 1.82) is 0 Å². The second kappa shape index (κ2) is 6.20. The predicted molar refractivity (Wildman–Crippen MR) is 62.3 cm³/mol. The smallest absolute Gasteiger partial charge is 0.00387 e. The van der Waals surface area contributed by atoms with Crippen molar-refractivity contribution in [1.82, 2.24) is 4.90 Å². The third-order valence-electron chi connectivity index (χ3n) is 2.99. The van der Waals surface area contributed by atoms with Gasteiger partial charge in [-0.05, 0) is 52.6 Å². The summed E-state index contributed by atoms with van der Waals surface area (Å²) in [6.07, 6.45) is 7.25. The minimum Gasteiger partial charge on any atom is -0.330 e. The van der Waals surface area contributed by atoms with Gasteiger partial charge in [0.15, 0.2) is 0 Å². The highest BCUT2D eigenvalue weighted by molar-refractivity contribution is 5.04. The largest absolute Gasteiger partial charge is 0.330 e. The van der Waals surface area contributed by atoms with E-state index in [0.717, 1.165) is 13.0 Å². The van der Waals surface area contributed by atoms with E-state index in [1.807, 2.05) is 0 Å². The highest BCUT2D eigenvalue weighted by atomic mass is 15.1. The van der Waals surface area contributed by atoms with Gasteiger partial charge in [-0.1, -0.05) is 11.6 Å². The van der Waals surface area contributed by atoms with Gasteiger partial charge in [0.1, 0.15) is 0 Å². The summed E-state index contributed by atoms with van der Waals surface area (Å²) >= 11 is 0. The first kappa shape index (κ1) is 11.7. The number of nitrogens with two attached hydrogens (primary N) is 1. The van der Waals surface area contributed by atoms with Gasteiger partial charge < -0.3 is 10.6 Å². The Balaban J connectivity index is 2.40. The summed E-state index contributed by atoms with van der Waals surface area (Å²) in [6, 6.07) is 0.698. The lowest BCUT2D eigenvalue weighted by atomic mass is 10.1. The van der Waals surface area contributed by atoms with Gasteiger partial charge in [0.2, 0.25) is 0 Å². The van der Waals surface area contributed by atoms with Crippen molar-refractivity contribution >= 4 is 0 Å². The summed E-state index contributed by atoms with van der Waals surface area (Å²) in [6.45, 7) is 7.85. The van der Waals surface area contributed by atoms with Crippen LogP contribution in [-0.4, -0.2) is 30.6 Å². The molecule has 1 heterocycles. The van der Waals surface area contributed by atoms with E-state index in [1.54, 1.807) is 5.57 Å². The van der Waals surface area contributed by atoms with E-state index in [1.165, 1.54) is 32.4 Å². The highest BCUT2D eigenvalue weighted by Crippen LogP contribution is 2.18. The van der Waals surface area contributed by atoms with Crippen molar-refractivity contribution in [2.45, 2.75) is 45.6 Å². The Morgan fingerprint density at radius 3 is 2.79 bits per heavy atom. The van der Waals surface area contributed by atoms with Crippen LogP contribution in [0.2, 0.25) is 0 Å². The second-order valence-corrected chi connectivity index (χ2v) is 4.42. The average molecular weight is 196 g/mol. The fourth-order valence-corrected chi connectivity index (χ4v) is 2.04. The Morgan fingerprint density at radius 1 is 1.36 bits per heavy atom. The van der Waals surface area contributed by atoms with E-state index in [0.29, 0.717) is 6.04 Å². The molecule has 1 aliphatic heterocycles. The van der Waals surface area contributed by atoms with E-state index in [9.17, 15) is 0 Å². The zero-order valence-corrected chi connectivity index (χ0v) is 9.63. The normalized spacial score (nSPS) is 23.0. The maximum absolute atomic E-state index is 5.51. The first-order valence-corrected chi connectivity index (χ1v) is 5.86. The molecule has 0 bridgehead atoms. The van der Waals surface area contributed by atoms with Gasteiger partial charge >= 0.3 is 0 Å². The van der Waals surface area contributed by atoms with Crippen LogP contribution in [0.4, 0.5) is 0 Å². The Morgan fingerprint density at radius 2 is 2.14 bits per heavy atom. The summed E-state index contributed by atoms with van der Waals surface area (Å²) in [5.74, 6) is 0. The molecule has 1 rings (SSSR count). The molecule has 2 heteroatoms. The second-order valence-electron chi connectivity index (χ2n) is 4.42. The summed E-state index contributed by atoms with van der Waals surface area (Å²) in [7, 11) is 0. The zero-order chi connectivity index (χ0) is 10.4. The number of hydrogen-bond donors (Lipinski definition) is 1. The van der Waals surface area contributed by atoms with Crippen LogP contribution in [0.25, 0.3) is 0 Å². The summed E-state index contributed by atoms with van der Waals surface area (Å²) in [5, 5.41) is 0. The summed E-state index contributed by atoms with van der Waals surface area (Å²) in [4.78, 5) is 2.57. The lowest BCUT2D eigenvalue weighted by Crippen LogP contribution is -2.31. The number of likely N-dealkylation sites (tertiary alicyclic amines) is 1. The van der Waals surface area contributed by atoms with Gasteiger partial charge in [0.05, 0.1) is 0 Å². The lowest BCUT2D eigenvalue weighted by Gasteiger charge is -2.23. The number of hydrogen-bond acceptors (Lipinski definition) is 2. The van der Waals surface area contributed by atoms with Crippen LogP contribution >= 0.6 is 0 Å². The van der Waals surface area contributed by atoms with Crippen LogP contribution in [0.1, 0.15) is 39.5 Å². The summed E-state index contributed by atoms with van der Waals surface area (Å²) in [5.41, 5.74) is 7.13. The monoisotopic (exact) mass is 196 g/mol. The molecule has 0 aliphatic carbocycles. The molecule has 0 aromatic rings. The van der Waals surface area contributed by atoms with E-state index in [-0.39, 0.29) is 0 Å². The van der Waals surface area contributed by atoms with Gasteiger partial charge in [0.25, 0.3) is 0 Å². The molecule has 0 radical (unpaired) electrons. The zero-order valence-electron chi connectivity index (χ0n) is 9.63. The van der Waals surface area contributed by atoms with Crippen LogP contribution in [-0.2, 0) is 0 Å². The van der Waals surface area contributed by atoms with E-state index in [2.05, 4.69) is 24.8 Å². The Labute approximate surface area is 88.2 Å². The summed E-state index contributed by atoms with van der Waals surface area (Å²) < 4.78 is 0. The molecule has 2 nitrogen and oxygen atoms in total. The van der Waals surface area contributed by atoms with E-state index in [4.69, 9.17) is 5.73 Å². The Kier molecular flexibility index (Phi) is 5.20. The van der Waals surface area contributed by atoms with E-state index < -0.39 is 0 Å². The van der Waals surface area contributed by atoms with Crippen molar-refractivity contribution in [3.8, 4) is 0 Å². The van der Waals surface area contributed by atoms with Gasteiger partial charge in [-0.2, -0.15) is 0 Å². The molecule has 1 saturated heterocycles. The molecule has 0 spiro atoms. The molecular formula is C12H24N2. The maximum atomic E-state index is 5.51. The molecule has 0 aromatic carbocycles. The fourth-order valence-electron chi connectivity index (χ4n) is 2.04. The van der Waals surface area contributed by atoms with Crippen molar-refractivity contribution in [3.05, 3.63) is 11.6 Å².